The van der Waals surface area contributed by atoms with Gasteiger partial charge in [-0.25, -0.2) is 0 Å². The first kappa shape index (κ1) is 12.4. The third kappa shape index (κ3) is 2.80. The largest absolute Gasteiger partial charge is 0.392 e. The van der Waals surface area contributed by atoms with Crippen molar-refractivity contribution >= 4 is 11.4 Å². The van der Waals surface area contributed by atoms with Crippen molar-refractivity contribution in [2.24, 2.45) is 0 Å². The Hall–Kier alpha value is -2.04. The van der Waals surface area contributed by atoms with Crippen molar-refractivity contribution in [1.29, 1.82) is 0 Å². The molecule has 0 fully saturated rings. The lowest BCUT2D eigenvalue weighted by molar-refractivity contribution is 0.282. The van der Waals surface area contributed by atoms with E-state index in [0.717, 1.165) is 22.5 Å². The Morgan fingerprint density at radius 2 is 1.06 bits per heavy atom. The molecular formula is C14H16N2O2. The van der Waals surface area contributed by atoms with Crippen LogP contribution in [0.15, 0.2) is 48.5 Å². The van der Waals surface area contributed by atoms with Gasteiger partial charge in [0, 0.05) is 11.1 Å². The molecule has 0 aliphatic heterocycles. The number of hydrogen-bond acceptors (Lipinski definition) is 4. The molecule has 0 amide bonds. The summed E-state index contributed by atoms with van der Waals surface area (Å²) in [5.74, 6) is 0. The predicted molar refractivity (Wildman–Crippen MR) is 72.0 cm³/mol. The zero-order valence-corrected chi connectivity index (χ0v) is 9.93. The molecule has 4 nitrogen and oxygen atoms in total. The van der Waals surface area contributed by atoms with Gasteiger partial charge in [-0.2, -0.15) is 0 Å². The van der Waals surface area contributed by atoms with E-state index in [-0.39, 0.29) is 13.2 Å². The van der Waals surface area contributed by atoms with Gasteiger partial charge in [0.25, 0.3) is 0 Å². The van der Waals surface area contributed by atoms with Gasteiger partial charge in [-0.3, -0.25) is 0 Å². The molecule has 2 aromatic rings. The van der Waals surface area contributed by atoms with Crippen LogP contribution in [0.4, 0.5) is 11.4 Å². The topological polar surface area (TPSA) is 64.5 Å². The molecule has 4 N–H and O–H groups in total. The highest BCUT2D eigenvalue weighted by atomic mass is 16.3. The van der Waals surface area contributed by atoms with Crippen LogP contribution in [0.5, 0.6) is 0 Å². The van der Waals surface area contributed by atoms with Crippen LogP contribution in [0.1, 0.15) is 11.1 Å². The molecule has 0 bridgehead atoms. The Labute approximate surface area is 106 Å². The second kappa shape index (κ2) is 6.05. The zero-order valence-electron chi connectivity index (χ0n) is 9.93. The van der Waals surface area contributed by atoms with Gasteiger partial charge in [0.15, 0.2) is 0 Å². The van der Waals surface area contributed by atoms with Gasteiger partial charge < -0.3 is 21.1 Å². The molecule has 0 aliphatic rings. The van der Waals surface area contributed by atoms with Crippen molar-refractivity contribution in [3.05, 3.63) is 59.7 Å². The van der Waals surface area contributed by atoms with Crippen molar-refractivity contribution in [2.45, 2.75) is 13.2 Å². The normalized spacial score (nSPS) is 10.1. The fourth-order valence-corrected chi connectivity index (χ4v) is 1.69. The molecule has 2 aromatic carbocycles. The van der Waals surface area contributed by atoms with Crippen molar-refractivity contribution < 1.29 is 10.2 Å². The number of aliphatic hydroxyl groups is 2. The molecule has 0 heterocycles. The maximum Gasteiger partial charge on any atom is 0.0702 e. The SMILES string of the molecule is OCc1ccccc1NNc1ccccc1CO. The lowest BCUT2D eigenvalue weighted by Crippen LogP contribution is -2.12. The van der Waals surface area contributed by atoms with Crippen molar-refractivity contribution in [3.8, 4) is 0 Å². The van der Waals surface area contributed by atoms with E-state index in [1.54, 1.807) is 0 Å². The Morgan fingerprint density at radius 3 is 1.44 bits per heavy atom. The third-order valence-corrected chi connectivity index (χ3v) is 2.71. The first-order valence-corrected chi connectivity index (χ1v) is 5.74. The summed E-state index contributed by atoms with van der Waals surface area (Å²) in [7, 11) is 0. The van der Waals surface area contributed by atoms with Crippen LogP contribution >= 0.6 is 0 Å². The maximum absolute atomic E-state index is 9.21. The number of nitrogens with one attached hydrogen (secondary N) is 2. The Kier molecular flexibility index (Phi) is 4.17. The lowest BCUT2D eigenvalue weighted by atomic mass is 10.2. The summed E-state index contributed by atoms with van der Waals surface area (Å²) in [6.07, 6.45) is 0. The van der Waals surface area contributed by atoms with Gasteiger partial charge in [0.2, 0.25) is 0 Å². The van der Waals surface area contributed by atoms with E-state index in [0.29, 0.717) is 0 Å². The van der Waals surface area contributed by atoms with E-state index < -0.39 is 0 Å². The molecule has 4 heteroatoms. The fourth-order valence-electron chi connectivity index (χ4n) is 1.69. The van der Waals surface area contributed by atoms with Gasteiger partial charge in [0.1, 0.15) is 0 Å². The lowest BCUT2D eigenvalue weighted by Gasteiger charge is -2.14. The molecule has 0 aromatic heterocycles. The monoisotopic (exact) mass is 244 g/mol. The molecule has 0 aliphatic carbocycles. The van der Waals surface area contributed by atoms with E-state index in [1.165, 1.54) is 0 Å². The van der Waals surface area contributed by atoms with E-state index in [2.05, 4.69) is 10.9 Å². The molecular weight excluding hydrogens is 228 g/mol. The number of anilines is 2. The molecule has 0 spiro atoms. The smallest absolute Gasteiger partial charge is 0.0702 e. The Bertz CT molecular complexity index is 467. The van der Waals surface area contributed by atoms with Crippen molar-refractivity contribution in [3.63, 3.8) is 0 Å². The molecule has 0 radical (unpaired) electrons. The number of rotatable bonds is 5. The minimum atomic E-state index is -0.0213. The van der Waals surface area contributed by atoms with Crippen LogP contribution in [0.2, 0.25) is 0 Å². The molecule has 94 valence electrons. The van der Waals surface area contributed by atoms with Gasteiger partial charge >= 0.3 is 0 Å². The average Bonchev–Trinajstić information content (AvgIpc) is 2.45. The maximum atomic E-state index is 9.21. The molecule has 0 atom stereocenters. The van der Waals surface area contributed by atoms with Gasteiger partial charge in [-0.05, 0) is 12.1 Å². The van der Waals surface area contributed by atoms with E-state index >= 15 is 0 Å². The molecule has 0 saturated carbocycles. The number of benzene rings is 2. The average molecular weight is 244 g/mol. The van der Waals surface area contributed by atoms with Crippen LogP contribution in [-0.4, -0.2) is 10.2 Å². The summed E-state index contributed by atoms with van der Waals surface area (Å²) in [6.45, 7) is -0.0427. The molecule has 18 heavy (non-hydrogen) atoms. The number of hydrogen-bond donors (Lipinski definition) is 4. The highest BCUT2D eigenvalue weighted by Gasteiger charge is 2.02. The summed E-state index contributed by atoms with van der Waals surface area (Å²) in [5, 5.41) is 18.4. The zero-order chi connectivity index (χ0) is 12.8. The summed E-state index contributed by atoms with van der Waals surface area (Å²) in [5.41, 5.74) is 9.32. The van der Waals surface area contributed by atoms with Crippen LogP contribution in [0.25, 0.3) is 0 Å². The van der Waals surface area contributed by atoms with Crippen LogP contribution in [0.3, 0.4) is 0 Å². The summed E-state index contributed by atoms with van der Waals surface area (Å²) < 4.78 is 0. The van der Waals surface area contributed by atoms with Crippen LogP contribution in [0, 0.1) is 0 Å². The minimum absolute atomic E-state index is 0.0213. The summed E-state index contributed by atoms with van der Waals surface area (Å²) in [4.78, 5) is 0. The van der Waals surface area contributed by atoms with Gasteiger partial charge in [-0.15, -0.1) is 0 Å². The van der Waals surface area contributed by atoms with Crippen LogP contribution < -0.4 is 10.9 Å². The van der Waals surface area contributed by atoms with Crippen LogP contribution in [-0.2, 0) is 13.2 Å². The van der Waals surface area contributed by atoms with Crippen molar-refractivity contribution in [2.75, 3.05) is 10.9 Å². The molecule has 0 saturated heterocycles. The van der Waals surface area contributed by atoms with Gasteiger partial charge in [-0.1, -0.05) is 36.4 Å². The number of hydrazine groups is 1. The van der Waals surface area contributed by atoms with E-state index in [1.807, 2.05) is 48.5 Å². The Morgan fingerprint density at radius 1 is 0.667 bits per heavy atom. The third-order valence-electron chi connectivity index (χ3n) is 2.71. The fraction of sp³-hybridized carbons (Fsp3) is 0.143. The minimum Gasteiger partial charge on any atom is -0.392 e. The van der Waals surface area contributed by atoms with Gasteiger partial charge in [0.05, 0.1) is 24.6 Å². The first-order chi connectivity index (χ1) is 8.85. The first-order valence-electron chi connectivity index (χ1n) is 5.74. The standard InChI is InChI=1S/C14H16N2O2/c17-9-11-5-1-3-7-13(11)15-16-14-8-4-2-6-12(14)10-18/h1-8,15-18H,9-10H2. The second-order valence-electron chi connectivity index (χ2n) is 3.88. The molecule has 2 rings (SSSR count). The second-order valence-corrected chi connectivity index (χ2v) is 3.88. The molecule has 0 unspecified atom stereocenters. The predicted octanol–water partition coefficient (Wildman–Crippen LogP) is 2.11. The highest BCUT2D eigenvalue weighted by Crippen LogP contribution is 2.18. The summed E-state index contributed by atoms with van der Waals surface area (Å²) >= 11 is 0. The number of para-hydroxylation sites is 2. The highest BCUT2D eigenvalue weighted by molar-refractivity contribution is 5.59. The quantitative estimate of drug-likeness (QED) is 0.608. The van der Waals surface area contributed by atoms with Crippen molar-refractivity contribution in [1.82, 2.24) is 0 Å². The summed E-state index contributed by atoms with van der Waals surface area (Å²) in [6, 6.07) is 15.0. The Balaban J connectivity index is 2.11. The van der Waals surface area contributed by atoms with E-state index in [4.69, 9.17) is 0 Å². The number of aliphatic hydroxyl groups excluding tert-OH is 2. The van der Waals surface area contributed by atoms with E-state index in [9.17, 15) is 10.2 Å².